The number of benzene rings is 1. The second kappa shape index (κ2) is 5.75. The van der Waals surface area contributed by atoms with Crippen LogP contribution in [0.2, 0.25) is 0 Å². The van der Waals surface area contributed by atoms with E-state index in [9.17, 15) is 9.90 Å². The van der Waals surface area contributed by atoms with Gasteiger partial charge in [0, 0.05) is 11.6 Å². The molecule has 0 aliphatic carbocycles. The number of methoxy groups -OCH3 is 1. The van der Waals surface area contributed by atoms with Gasteiger partial charge in [-0.3, -0.25) is 4.79 Å². The Kier molecular flexibility index (Phi) is 4.35. The van der Waals surface area contributed by atoms with Crippen LogP contribution in [0.25, 0.3) is 0 Å². The lowest BCUT2D eigenvalue weighted by molar-refractivity contribution is -0.142. The fourth-order valence-corrected chi connectivity index (χ4v) is 1.40. The third kappa shape index (κ3) is 3.11. The van der Waals surface area contributed by atoms with E-state index in [0.29, 0.717) is 17.9 Å². The number of phenols is 1. The number of nitrogens with zero attached hydrogens (tertiary/aromatic N) is 1. The van der Waals surface area contributed by atoms with Crippen molar-refractivity contribution in [2.45, 2.75) is 13.3 Å². The zero-order valence-electron chi connectivity index (χ0n) is 9.69. The van der Waals surface area contributed by atoms with Crippen LogP contribution in [0, 0.1) is 11.3 Å². The molecule has 0 aliphatic rings. The first-order valence-electron chi connectivity index (χ1n) is 5.08. The molecule has 0 amide bonds. The van der Waals surface area contributed by atoms with E-state index in [1.807, 2.05) is 6.07 Å². The molecule has 1 aromatic carbocycles. The van der Waals surface area contributed by atoms with Gasteiger partial charge in [0.15, 0.2) is 0 Å². The second-order valence-corrected chi connectivity index (χ2v) is 3.27. The summed E-state index contributed by atoms with van der Waals surface area (Å²) in [6, 6.07) is 4.56. The van der Waals surface area contributed by atoms with Gasteiger partial charge < -0.3 is 14.6 Å². The molecule has 0 saturated heterocycles. The second-order valence-electron chi connectivity index (χ2n) is 3.27. The van der Waals surface area contributed by atoms with E-state index in [1.54, 1.807) is 6.92 Å². The van der Waals surface area contributed by atoms with E-state index in [-0.39, 0.29) is 17.7 Å². The van der Waals surface area contributed by atoms with Gasteiger partial charge in [0.1, 0.15) is 17.6 Å². The summed E-state index contributed by atoms with van der Waals surface area (Å²) in [5.41, 5.74) is 0.594. The predicted molar refractivity (Wildman–Crippen MR) is 59.7 cm³/mol. The quantitative estimate of drug-likeness (QED) is 0.797. The van der Waals surface area contributed by atoms with Gasteiger partial charge >= 0.3 is 5.97 Å². The zero-order valence-corrected chi connectivity index (χ0v) is 9.69. The number of carbonyl (C=O) groups is 1. The molecule has 0 heterocycles. The minimum Gasteiger partial charge on any atom is -0.507 e. The Morgan fingerprint density at radius 1 is 1.53 bits per heavy atom. The Bertz CT molecular complexity index is 462. The maximum Gasteiger partial charge on any atom is 0.310 e. The van der Waals surface area contributed by atoms with Crippen molar-refractivity contribution in [3.63, 3.8) is 0 Å². The molecule has 5 nitrogen and oxygen atoms in total. The Morgan fingerprint density at radius 2 is 2.24 bits per heavy atom. The minimum absolute atomic E-state index is 0.00369. The van der Waals surface area contributed by atoms with Crippen molar-refractivity contribution in [2.24, 2.45) is 0 Å². The molecule has 5 heteroatoms. The van der Waals surface area contributed by atoms with Crippen molar-refractivity contribution in [1.29, 1.82) is 5.26 Å². The number of phenolic OH excluding ortho intramolecular Hbond substituents is 1. The van der Waals surface area contributed by atoms with Crippen molar-refractivity contribution in [3.05, 3.63) is 23.3 Å². The monoisotopic (exact) mass is 235 g/mol. The maximum atomic E-state index is 11.3. The maximum absolute atomic E-state index is 11.3. The smallest absolute Gasteiger partial charge is 0.310 e. The first kappa shape index (κ1) is 12.8. The molecule has 0 saturated carbocycles. The highest BCUT2D eigenvalue weighted by molar-refractivity contribution is 5.74. The van der Waals surface area contributed by atoms with Crippen LogP contribution in [-0.2, 0) is 16.0 Å². The summed E-state index contributed by atoms with van der Waals surface area (Å²) >= 11 is 0. The average Bonchev–Trinajstić information content (AvgIpc) is 2.29. The summed E-state index contributed by atoms with van der Waals surface area (Å²) in [6.07, 6.45) is -0.00369. The van der Waals surface area contributed by atoms with E-state index in [0.717, 1.165) is 0 Å². The number of carbonyl (C=O) groups excluding carboxylic acids is 1. The van der Waals surface area contributed by atoms with Gasteiger partial charge in [0.2, 0.25) is 0 Å². The lowest BCUT2D eigenvalue weighted by atomic mass is 10.1. The van der Waals surface area contributed by atoms with Crippen LogP contribution in [0.3, 0.4) is 0 Å². The highest BCUT2D eigenvalue weighted by Gasteiger charge is 2.13. The minimum atomic E-state index is -0.407. The molecular formula is C12H13NO4. The fraction of sp³-hybridized carbons (Fsp3) is 0.333. The number of nitriles is 1. The number of hydrogen-bond donors (Lipinski definition) is 1. The van der Waals surface area contributed by atoms with Crippen LogP contribution in [0.1, 0.15) is 18.1 Å². The molecule has 1 aromatic rings. The summed E-state index contributed by atoms with van der Waals surface area (Å²) in [4.78, 5) is 11.3. The first-order chi connectivity index (χ1) is 8.12. The molecule has 0 bridgehead atoms. The normalized spacial score (nSPS) is 9.47. The van der Waals surface area contributed by atoms with Gasteiger partial charge in [-0.2, -0.15) is 5.26 Å². The standard InChI is InChI=1S/C12H13NO4/c1-3-17-12(15)6-8-4-10(14)9(7-13)5-11(8)16-2/h4-5,14H,3,6H2,1-2H3. The van der Waals surface area contributed by atoms with Crippen molar-refractivity contribution in [3.8, 4) is 17.6 Å². The molecule has 1 N–H and O–H groups in total. The van der Waals surface area contributed by atoms with E-state index >= 15 is 0 Å². The summed E-state index contributed by atoms with van der Waals surface area (Å²) in [5.74, 6) is -0.199. The molecule has 0 atom stereocenters. The van der Waals surface area contributed by atoms with Gasteiger partial charge in [0.05, 0.1) is 25.7 Å². The Morgan fingerprint density at radius 3 is 2.76 bits per heavy atom. The summed E-state index contributed by atoms with van der Waals surface area (Å²) in [6.45, 7) is 2.01. The predicted octanol–water partition coefficient (Wildman–Crippen LogP) is 1.38. The van der Waals surface area contributed by atoms with Crippen LogP contribution >= 0.6 is 0 Å². The Balaban J connectivity index is 3.03. The number of rotatable bonds is 4. The van der Waals surface area contributed by atoms with E-state index in [2.05, 4.69) is 0 Å². The third-order valence-corrected chi connectivity index (χ3v) is 2.16. The lowest BCUT2D eigenvalue weighted by Crippen LogP contribution is -2.08. The topological polar surface area (TPSA) is 79.5 Å². The zero-order chi connectivity index (χ0) is 12.8. The Hall–Kier alpha value is -2.22. The SMILES string of the molecule is CCOC(=O)Cc1cc(O)c(C#N)cc1OC. The first-order valence-corrected chi connectivity index (χ1v) is 5.08. The van der Waals surface area contributed by atoms with Gasteiger partial charge in [-0.15, -0.1) is 0 Å². The highest BCUT2D eigenvalue weighted by Crippen LogP contribution is 2.28. The number of hydrogen-bond acceptors (Lipinski definition) is 5. The van der Waals surface area contributed by atoms with Gasteiger partial charge in [0.25, 0.3) is 0 Å². The fourth-order valence-electron chi connectivity index (χ4n) is 1.40. The number of ether oxygens (including phenoxy) is 2. The molecule has 1 rings (SSSR count). The van der Waals surface area contributed by atoms with E-state index in [1.165, 1.54) is 19.2 Å². The van der Waals surface area contributed by atoms with Gasteiger partial charge in [-0.25, -0.2) is 0 Å². The molecule has 0 radical (unpaired) electrons. The molecule has 17 heavy (non-hydrogen) atoms. The molecule has 0 fully saturated rings. The summed E-state index contributed by atoms with van der Waals surface area (Å²) < 4.78 is 9.85. The molecule has 0 aliphatic heterocycles. The van der Waals surface area contributed by atoms with Crippen molar-refractivity contribution < 1.29 is 19.4 Å². The lowest BCUT2D eigenvalue weighted by Gasteiger charge is -2.09. The Labute approximate surface area is 99.2 Å². The van der Waals surface area contributed by atoms with Crippen LogP contribution in [-0.4, -0.2) is 24.8 Å². The van der Waals surface area contributed by atoms with Crippen molar-refractivity contribution in [2.75, 3.05) is 13.7 Å². The highest BCUT2D eigenvalue weighted by atomic mass is 16.5. The van der Waals surface area contributed by atoms with Crippen LogP contribution in [0.5, 0.6) is 11.5 Å². The molecule has 90 valence electrons. The van der Waals surface area contributed by atoms with E-state index in [4.69, 9.17) is 14.7 Å². The molecule has 0 aromatic heterocycles. The molecule has 0 unspecified atom stereocenters. The third-order valence-electron chi connectivity index (χ3n) is 2.16. The van der Waals surface area contributed by atoms with Gasteiger partial charge in [-0.05, 0) is 13.0 Å². The van der Waals surface area contributed by atoms with Crippen molar-refractivity contribution >= 4 is 5.97 Å². The molecular weight excluding hydrogens is 222 g/mol. The molecule has 0 spiro atoms. The van der Waals surface area contributed by atoms with Crippen LogP contribution in [0.15, 0.2) is 12.1 Å². The van der Waals surface area contributed by atoms with E-state index < -0.39 is 5.97 Å². The van der Waals surface area contributed by atoms with Crippen LogP contribution in [0.4, 0.5) is 0 Å². The van der Waals surface area contributed by atoms with Crippen molar-refractivity contribution in [1.82, 2.24) is 0 Å². The van der Waals surface area contributed by atoms with Crippen LogP contribution < -0.4 is 4.74 Å². The summed E-state index contributed by atoms with van der Waals surface area (Å²) in [5, 5.41) is 18.3. The number of aromatic hydroxyl groups is 1. The summed E-state index contributed by atoms with van der Waals surface area (Å²) in [7, 11) is 1.43. The van der Waals surface area contributed by atoms with Gasteiger partial charge in [-0.1, -0.05) is 0 Å². The average molecular weight is 235 g/mol. The largest absolute Gasteiger partial charge is 0.507 e. The number of esters is 1.